The normalized spacial score (nSPS) is 10.3. The molecule has 1 heterocycles. The third kappa shape index (κ3) is 4.14. The summed E-state index contributed by atoms with van der Waals surface area (Å²) in [7, 11) is 0. The lowest BCUT2D eigenvalue weighted by atomic mass is 10.1. The van der Waals surface area contributed by atoms with E-state index in [1.165, 1.54) is 0 Å². The Bertz CT molecular complexity index is 928. The van der Waals surface area contributed by atoms with Crippen LogP contribution in [0.2, 0.25) is 0 Å². The van der Waals surface area contributed by atoms with Gasteiger partial charge in [-0.25, -0.2) is 9.78 Å². The first-order chi connectivity index (χ1) is 12.7. The molecule has 0 aliphatic rings. The van der Waals surface area contributed by atoms with E-state index in [0.29, 0.717) is 5.75 Å². The standard InChI is InChI=1S/C19H17N3O4/c20-10-16(23)22-19(24)26-18-17(25-12-13-6-2-1-3-7-13)15-9-5-4-8-14(15)11-21-18/h1-9,11H,10,12,20H2,(H,22,23,24). The van der Waals surface area contributed by atoms with E-state index in [2.05, 4.69) is 4.98 Å². The zero-order valence-corrected chi connectivity index (χ0v) is 13.8. The fourth-order valence-corrected chi connectivity index (χ4v) is 2.34. The molecular formula is C19H17N3O4. The second kappa shape index (κ2) is 8.09. The molecule has 1 aromatic heterocycles. The van der Waals surface area contributed by atoms with E-state index < -0.39 is 12.0 Å². The van der Waals surface area contributed by atoms with E-state index in [4.69, 9.17) is 15.2 Å². The van der Waals surface area contributed by atoms with Gasteiger partial charge in [0.2, 0.25) is 5.91 Å². The van der Waals surface area contributed by atoms with E-state index in [9.17, 15) is 9.59 Å². The molecule has 0 aliphatic carbocycles. The third-order valence-electron chi connectivity index (χ3n) is 3.56. The maximum atomic E-state index is 11.8. The minimum Gasteiger partial charge on any atom is -0.483 e. The molecule has 2 amide bonds. The molecule has 0 saturated carbocycles. The molecule has 0 aliphatic heterocycles. The molecule has 3 N–H and O–H groups in total. The fourth-order valence-electron chi connectivity index (χ4n) is 2.34. The molecule has 7 nitrogen and oxygen atoms in total. The van der Waals surface area contributed by atoms with Gasteiger partial charge in [-0.05, 0) is 5.56 Å². The van der Waals surface area contributed by atoms with Crippen LogP contribution < -0.4 is 20.5 Å². The average Bonchev–Trinajstić information content (AvgIpc) is 2.67. The van der Waals surface area contributed by atoms with Gasteiger partial charge in [0.05, 0.1) is 6.54 Å². The van der Waals surface area contributed by atoms with Crippen molar-refractivity contribution < 1.29 is 19.1 Å². The van der Waals surface area contributed by atoms with Gasteiger partial charge < -0.3 is 15.2 Å². The zero-order valence-electron chi connectivity index (χ0n) is 13.8. The average molecular weight is 351 g/mol. The van der Waals surface area contributed by atoms with Crippen LogP contribution in [0.1, 0.15) is 5.56 Å². The molecule has 0 atom stereocenters. The van der Waals surface area contributed by atoms with Gasteiger partial charge in [-0.2, -0.15) is 0 Å². The Hall–Kier alpha value is -3.45. The number of hydrogen-bond donors (Lipinski definition) is 2. The number of amides is 2. The molecule has 26 heavy (non-hydrogen) atoms. The molecule has 3 rings (SSSR count). The van der Waals surface area contributed by atoms with Gasteiger partial charge in [-0.3, -0.25) is 10.1 Å². The maximum Gasteiger partial charge on any atom is 0.420 e. The lowest BCUT2D eigenvalue weighted by Crippen LogP contribution is -2.37. The van der Waals surface area contributed by atoms with Crippen molar-refractivity contribution >= 4 is 22.8 Å². The van der Waals surface area contributed by atoms with Crippen LogP contribution >= 0.6 is 0 Å². The van der Waals surface area contributed by atoms with Gasteiger partial charge in [0, 0.05) is 17.0 Å². The number of benzene rings is 2. The summed E-state index contributed by atoms with van der Waals surface area (Å²) in [6, 6.07) is 17.0. The number of nitrogens with zero attached hydrogens (tertiary/aromatic N) is 1. The molecule has 0 spiro atoms. The van der Waals surface area contributed by atoms with Gasteiger partial charge in [0.1, 0.15) is 6.61 Å². The Morgan fingerprint density at radius 1 is 1.04 bits per heavy atom. The number of imide groups is 1. The van der Waals surface area contributed by atoms with E-state index in [1.54, 1.807) is 6.20 Å². The Morgan fingerprint density at radius 2 is 1.77 bits per heavy atom. The Balaban J connectivity index is 1.89. The highest BCUT2D eigenvalue weighted by Crippen LogP contribution is 2.34. The molecule has 0 bridgehead atoms. The van der Waals surface area contributed by atoms with E-state index in [0.717, 1.165) is 16.3 Å². The molecule has 3 aromatic rings. The molecule has 132 valence electrons. The van der Waals surface area contributed by atoms with Crippen LogP contribution in [-0.4, -0.2) is 23.5 Å². The quantitative estimate of drug-likeness (QED) is 0.731. The van der Waals surface area contributed by atoms with Crippen LogP contribution in [0.3, 0.4) is 0 Å². The third-order valence-corrected chi connectivity index (χ3v) is 3.56. The van der Waals surface area contributed by atoms with Crippen molar-refractivity contribution in [3.63, 3.8) is 0 Å². The van der Waals surface area contributed by atoms with Gasteiger partial charge in [-0.15, -0.1) is 0 Å². The van der Waals surface area contributed by atoms with Crippen molar-refractivity contribution in [1.29, 1.82) is 0 Å². The first-order valence-electron chi connectivity index (χ1n) is 7.93. The summed E-state index contributed by atoms with van der Waals surface area (Å²) in [4.78, 5) is 27.2. The second-order valence-corrected chi connectivity index (χ2v) is 5.40. The van der Waals surface area contributed by atoms with Crippen LogP contribution in [-0.2, 0) is 11.4 Å². The minimum atomic E-state index is -0.965. The molecule has 0 radical (unpaired) electrons. The number of nitrogens with one attached hydrogen (secondary N) is 1. The highest BCUT2D eigenvalue weighted by molar-refractivity contribution is 5.94. The van der Waals surface area contributed by atoms with Gasteiger partial charge in [0.25, 0.3) is 5.88 Å². The lowest BCUT2D eigenvalue weighted by molar-refractivity contribution is -0.118. The number of rotatable bonds is 5. The topological polar surface area (TPSA) is 104 Å². The molecule has 0 saturated heterocycles. The van der Waals surface area contributed by atoms with Crippen molar-refractivity contribution in [3.05, 3.63) is 66.4 Å². The molecular weight excluding hydrogens is 334 g/mol. The predicted molar refractivity (Wildman–Crippen MR) is 95.7 cm³/mol. The Labute approximate surface area is 149 Å². The van der Waals surface area contributed by atoms with Crippen molar-refractivity contribution in [2.24, 2.45) is 5.73 Å². The summed E-state index contributed by atoms with van der Waals surface area (Å²) in [5.74, 6) is -0.355. The van der Waals surface area contributed by atoms with Crippen molar-refractivity contribution in [2.45, 2.75) is 6.61 Å². The van der Waals surface area contributed by atoms with Crippen molar-refractivity contribution in [2.75, 3.05) is 6.54 Å². The predicted octanol–water partition coefficient (Wildman–Crippen LogP) is 2.39. The Kier molecular flexibility index (Phi) is 5.40. The van der Waals surface area contributed by atoms with Crippen LogP contribution in [0, 0.1) is 0 Å². The SMILES string of the molecule is NCC(=O)NC(=O)Oc1ncc2ccccc2c1OCc1ccccc1. The summed E-state index contributed by atoms with van der Waals surface area (Å²) < 4.78 is 11.0. The van der Waals surface area contributed by atoms with E-state index in [1.807, 2.05) is 59.9 Å². The lowest BCUT2D eigenvalue weighted by Gasteiger charge is -2.13. The molecule has 7 heteroatoms. The largest absolute Gasteiger partial charge is 0.483 e. The van der Waals surface area contributed by atoms with Crippen molar-refractivity contribution in [3.8, 4) is 11.6 Å². The Morgan fingerprint density at radius 3 is 2.54 bits per heavy atom. The number of carbonyl (C=O) groups is 2. The molecule has 0 unspecified atom stereocenters. The number of aromatic nitrogens is 1. The highest BCUT2D eigenvalue weighted by Gasteiger charge is 2.17. The summed E-state index contributed by atoms with van der Waals surface area (Å²) in [5.41, 5.74) is 6.12. The summed E-state index contributed by atoms with van der Waals surface area (Å²) in [5, 5.41) is 3.58. The fraction of sp³-hybridized carbons (Fsp3) is 0.105. The van der Waals surface area contributed by atoms with Crippen molar-refractivity contribution in [1.82, 2.24) is 10.3 Å². The monoisotopic (exact) mass is 351 g/mol. The van der Waals surface area contributed by atoms with Crippen LogP contribution in [0.25, 0.3) is 10.8 Å². The maximum absolute atomic E-state index is 11.8. The summed E-state index contributed by atoms with van der Waals surface area (Å²) in [6.45, 7) is -0.0478. The minimum absolute atomic E-state index is 0.0260. The number of pyridine rings is 1. The van der Waals surface area contributed by atoms with E-state index >= 15 is 0 Å². The summed E-state index contributed by atoms with van der Waals surface area (Å²) in [6.07, 6.45) is 0.603. The van der Waals surface area contributed by atoms with Gasteiger partial charge >= 0.3 is 6.09 Å². The first-order valence-corrected chi connectivity index (χ1v) is 7.93. The number of nitrogens with two attached hydrogens (primary N) is 1. The van der Waals surface area contributed by atoms with Gasteiger partial charge in [-0.1, -0.05) is 54.6 Å². The number of ether oxygens (including phenoxy) is 2. The van der Waals surface area contributed by atoms with Crippen LogP contribution in [0.5, 0.6) is 11.6 Å². The van der Waals surface area contributed by atoms with Crippen LogP contribution in [0.15, 0.2) is 60.8 Å². The second-order valence-electron chi connectivity index (χ2n) is 5.40. The number of hydrogen-bond acceptors (Lipinski definition) is 6. The zero-order chi connectivity index (χ0) is 18.4. The number of fused-ring (bicyclic) bond motifs is 1. The molecule has 0 fully saturated rings. The smallest absolute Gasteiger partial charge is 0.420 e. The number of carbonyl (C=O) groups excluding carboxylic acids is 2. The summed E-state index contributed by atoms with van der Waals surface area (Å²) >= 11 is 0. The first kappa shape index (κ1) is 17.4. The van der Waals surface area contributed by atoms with Gasteiger partial charge in [0.15, 0.2) is 5.75 Å². The van der Waals surface area contributed by atoms with E-state index in [-0.39, 0.29) is 19.0 Å². The van der Waals surface area contributed by atoms with Crippen LogP contribution in [0.4, 0.5) is 4.79 Å². The highest BCUT2D eigenvalue weighted by atomic mass is 16.6. The molecule has 2 aromatic carbocycles.